The summed E-state index contributed by atoms with van der Waals surface area (Å²) < 4.78 is 1.16. The Morgan fingerprint density at radius 2 is 2.35 bits per heavy atom. The molecule has 3 heteroatoms. The molecule has 2 unspecified atom stereocenters. The highest BCUT2D eigenvalue weighted by Gasteiger charge is 2.24. The Kier molecular flexibility index (Phi) is 4.60. The van der Waals surface area contributed by atoms with Crippen LogP contribution in [0.4, 0.5) is 0 Å². The molecular weight excluding hydrogens is 276 g/mol. The Labute approximate surface area is 112 Å². The molecule has 0 spiro atoms. The minimum atomic E-state index is 0.352. The van der Waals surface area contributed by atoms with E-state index in [2.05, 4.69) is 52.0 Å². The van der Waals surface area contributed by atoms with Gasteiger partial charge < -0.3 is 5.73 Å². The van der Waals surface area contributed by atoms with E-state index in [1.165, 1.54) is 24.9 Å². The molecule has 94 valence electrons. The van der Waals surface area contributed by atoms with E-state index in [0.717, 1.165) is 17.4 Å². The van der Waals surface area contributed by atoms with Gasteiger partial charge in [0.25, 0.3) is 0 Å². The number of rotatable bonds is 3. The van der Waals surface area contributed by atoms with E-state index in [1.807, 2.05) is 0 Å². The number of halogens is 1. The van der Waals surface area contributed by atoms with Gasteiger partial charge in [-0.05, 0) is 43.5 Å². The van der Waals surface area contributed by atoms with Crippen molar-refractivity contribution in [1.82, 2.24) is 4.90 Å². The molecule has 0 aliphatic carbocycles. The molecule has 0 aromatic heterocycles. The summed E-state index contributed by atoms with van der Waals surface area (Å²) >= 11 is 3.55. The third kappa shape index (κ3) is 3.30. The van der Waals surface area contributed by atoms with Gasteiger partial charge in [-0.2, -0.15) is 0 Å². The highest BCUT2D eigenvalue weighted by molar-refractivity contribution is 9.10. The molecule has 17 heavy (non-hydrogen) atoms. The van der Waals surface area contributed by atoms with Crippen molar-refractivity contribution in [3.8, 4) is 0 Å². The zero-order valence-corrected chi connectivity index (χ0v) is 12.0. The summed E-state index contributed by atoms with van der Waals surface area (Å²) in [6.07, 6.45) is 3.54. The molecule has 1 aliphatic rings. The minimum absolute atomic E-state index is 0.352. The molecular formula is C14H21BrN2. The van der Waals surface area contributed by atoms with E-state index in [1.54, 1.807) is 0 Å². The van der Waals surface area contributed by atoms with Gasteiger partial charge in [0.2, 0.25) is 0 Å². The van der Waals surface area contributed by atoms with Gasteiger partial charge in [0, 0.05) is 23.1 Å². The Hall–Kier alpha value is -0.380. The van der Waals surface area contributed by atoms with Gasteiger partial charge in [-0.15, -0.1) is 0 Å². The Morgan fingerprint density at radius 1 is 1.53 bits per heavy atom. The predicted molar refractivity (Wildman–Crippen MR) is 76.0 cm³/mol. The molecule has 1 fully saturated rings. The first-order valence-electron chi connectivity index (χ1n) is 6.45. The Balaban J connectivity index is 2.15. The molecule has 1 aromatic carbocycles. The van der Waals surface area contributed by atoms with E-state index in [-0.39, 0.29) is 0 Å². The fraction of sp³-hybridized carbons (Fsp3) is 0.571. The van der Waals surface area contributed by atoms with Gasteiger partial charge in [0.1, 0.15) is 0 Å². The first-order chi connectivity index (χ1) is 8.20. The van der Waals surface area contributed by atoms with E-state index in [9.17, 15) is 0 Å². The second kappa shape index (κ2) is 5.98. The van der Waals surface area contributed by atoms with E-state index in [0.29, 0.717) is 12.1 Å². The van der Waals surface area contributed by atoms with Gasteiger partial charge in [-0.3, -0.25) is 4.90 Å². The fourth-order valence-electron chi connectivity index (χ4n) is 2.74. The lowest BCUT2D eigenvalue weighted by molar-refractivity contribution is 0.145. The van der Waals surface area contributed by atoms with Crippen LogP contribution in [0.1, 0.15) is 37.8 Å². The van der Waals surface area contributed by atoms with E-state index < -0.39 is 0 Å². The van der Waals surface area contributed by atoms with Crippen molar-refractivity contribution in [1.29, 1.82) is 0 Å². The molecule has 0 radical (unpaired) electrons. The normalized spacial score (nSPS) is 23.6. The molecule has 1 aromatic rings. The van der Waals surface area contributed by atoms with E-state index >= 15 is 0 Å². The molecule has 0 bridgehead atoms. The summed E-state index contributed by atoms with van der Waals surface area (Å²) in [7, 11) is 0. The van der Waals surface area contributed by atoms with Crippen LogP contribution in [-0.4, -0.2) is 24.0 Å². The summed E-state index contributed by atoms with van der Waals surface area (Å²) in [5, 5.41) is 0. The highest BCUT2D eigenvalue weighted by Crippen LogP contribution is 2.28. The van der Waals surface area contributed by atoms with Gasteiger partial charge in [0.15, 0.2) is 0 Å². The zero-order chi connectivity index (χ0) is 12.3. The number of nitrogens with two attached hydrogens (primary N) is 1. The summed E-state index contributed by atoms with van der Waals surface area (Å²) in [6, 6.07) is 9.51. The van der Waals surface area contributed by atoms with Crippen LogP contribution in [0.25, 0.3) is 0 Å². The second-order valence-electron chi connectivity index (χ2n) is 4.88. The minimum Gasteiger partial charge on any atom is -0.327 e. The molecule has 2 N–H and O–H groups in total. The fourth-order valence-corrected chi connectivity index (χ4v) is 3.16. The molecule has 2 rings (SSSR count). The molecule has 0 saturated carbocycles. The van der Waals surface area contributed by atoms with Crippen molar-refractivity contribution in [2.75, 3.05) is 13.1 Å². The van der Waals surface area contributed by atoms with Crippen LogP contribution in [-0.2, 0) is 0 Å². The smallest absolute Gasteiger partial charge is 0.0346 e. The molecule has 2 atom stereocenters. The highest BCUT2D eigenvalue weighted by atomic mass is 79.9. The van der Waals surface area contributed by atoms with Crippen molar-refractivity contribution in [2.45, 2.75) is 38.3 Å². The third-order valence-electron chi connectivity index (χ3n) is 3.55. The maximum atomic E-state index is 6.07. The van der Waals surface area contributed by atoms with Crippen LogP contribution in [0, 0.1) is 0 Å². The maximum Gasteiger partial charge on any atom is 0.0346 e. The number of hydrogen-bond donors (Lipinski definition) is 1. The monoisotopic (exact) mass is 296 g/mol. The number of likely N-dealkylation sites (tertiary alicyclic amines) is 1. The lowest BCUT2D eigenvalue weighted by Crippen LogP contribution is -2.44. The summed E-state index contributed by atoms with van der Waals surface area (Å²) in [5.74, 6) is 0. The topological polar surface area (TPSA) is 29.3 Å². The summed E-state index contributed by atoms with van der Waals surface area (Å²) in [4.78, 5) is 2.54. The molecule has 0 amide bonds. The molecule has 2 nitrogen and oxygen atoms in total. The van der Waals surface area contributed by atoms with E-state index in [4.69, 9.17) is 5.73 Å². The molecule has 1 aliphatic heterocycles. The van der Waals surface area contributed by atoms with Gasteiger partial charge in [-0.25, -0.2) is 0 Å². The van der Waals surface area contributed by atoms with Gasteiger partial charge in [-0.1, -0.05) is 35.0 Å². The van der Waals surface area contributed by atoms with Crippen molar-refractivity contribution < 1.29 is 0 Å². The van der Waals surface area contributed by atoms with Crippen LogP contribution in [0.15, 0.2) is 28.7 Å². The number of nitrogens with zero attached hydrogens (tertiary/aromatic N) is 1. The predicted octanol–water partition coefficient (Wildman–Crippen LogP) is 3.32. The Morgan fingerprint density at radius 3 is 3.00 bits per heavy atom. The number of piperidine rings is 1. The Bertz CT molecular complexity index is 367. The molecule has 1 heterocycles. The summed E-state index contributed by atoms with van der Waals surface area (Å²) in [5.41, 5.74) is 7.47. The lowest BCUT2D eigenvalue weighted by Gasteiger charge is -2.37. The first-order valence-corrected chi connectivity index (χ1v) is 7.25. The van der Waals surface area contributed by atoms with Crippen LogP contribution < -0.4 is 5.73 Å². The quantitative estimate of drug-likeness (QED) is 0.927. The van der Waals surface area contributed by atoms with Crippen LogP contribution in [0.5, 0.6) is 0 Å². The van der Waals surface area contributed by atoms with Crippen molar-refractivity contribution >= 4 is 15.9 Å². The zero-order valence-electron chi connectivity index (χ0n) is 10.4. The van der Waals surface area contributed by atoms with Crippen LogP contribution in [0.3, 0.4) is 0 Å². The second-order valence-corrected chi connectivity index (χ2v) is 5.79. The van der Waals surface area contributed by atoms with Gasteiger partial charge in [0.05, 0.1) is 0 Å². The summed E-state index contributed by atoms with van der Waals surface area (Å²) in [6.45, 7) is 4.47. The lowest BCUT2D eigenvalue weighted by atomic mass is 9.98. The van der Waals surface area contributed by atoms with Crippen LogP contribution in [0.2, 0.25) is 0 Å². The SMILES string of the molecule is CCC(c1cccc(Br)c1)N1CCCC(N)C1. The van der Waals surface area contributed by atoms with Crippen LogP contribution >= 0.6 is 15.9 Å². The largest absolute Gasteiger partial charge is 0.327 e. The van der Waals surface area contributed by atoms with Crippen molar-refractivity contribution in [3.63, 3.8) is 0 Å². The number of benzene rings is 1. The first kappa shape index (κ1) is 13.1. The third-order valence-corrected chi connectivity index (χ3v) is 4.04. The van der Waals surface area contributed by atoms with Crippen molar-refractivity contribution in [2.24, 2.45) is 5.73 Å². The van der Waals surface area contributed by atoms with Crippen molar-refractivity contribution in [3.05, 3.63) is 34.3 Å². The maximum absolute atomic E-state index is 6.07. The molecule has 1 saturated heterocycles. The average Bonchev–Trinajstić information content (AvgIpc) is 2.30. The standard InChI is InChI=1S/C14H21BrN2/c1-2-14(11-5-3-6-12(15)9-11)17-8-4-7-13(16)10-17/h3,5-6,9,13-14H,2,4,7-8,10,16H2,1H3. The van der Waals surface area contributed by atoms with Gasteiger partial charge >= 0.3 is 0 Å². The average molecular weight is 297 g/mol. The number of hydrogen-bond acceptors (Lipinski definition) is 2.